The molecular weight excluding hydrogens is 349 g/mol. The van der Waals surface area contributed by atoms with E-state index in [1.54, 1.807) is 18.2 Å². The van der Waals surface area contributed by atoms with Gasteiger partial charge >= 0.3 is 0 Å². The lowest BCUT2D eigenvalue weighted by molar-refractivity contribution is 0.0580. The topological polar surface area (TPSA) is 20.3 Å². The molecule has 1 fully saturated rings. The van der Waals surface area contributed by atoms with Gasteiger partial charge < -0.3 is 4.90 Å². The quantitative estimate of drug-likeness (QED) is 0.692. The van der Waals surface area contributed by atoms with Crippen LogP contribution in [0.5, 0.6) is 0 Å². The second-order valence-electron chi connectivity index (χ2n) is 4.75. The lowest BCUT2D eigenvalue weighted by Gasteiger charge is -2.37. The minimum atomic E-state index is 0.0679. The number of benzene rings is 1. The summed E-state index contributed by atoms with van der Waals surface area (Å²) in [5.41, 5.74) is 0.672. The summed E-state index contributed by atoms with van der Waals surface area (Å²) < 4.78 is 0.750. The zero-order chi connectivity index (χ0) is 13.8. The Morgan fingerprint density at radius 1 is 1.42 bits per heavy atom. The highest BCUT2D eigenvalue weighted by Gasteiger charge is 2.29. The predicted molar refractivity (Wildman–Crippen MR) is 83.2 cm³/mol. The maximum atomic E-state index is 12.6. The summed E-state index contributed by atoms with van der Waals surface area (Å²) in [6.07, 6.45) is 4.23. The fraction of sp³-hybridized carbons (Fsp3) is 0.500. The highest BCUT2D eigenvalue weighted by molar-refractivity contribution is 9.10. The van der Waals surface area contributed by atoms with Crippen LogP contribution in [0.15, 0.2) is 22.7 Å². The molecule has 1 aromatic carbocycles. The highest BCUT2D eigenvalue weighted by Crippen LogP contribution is 2.29. The monoisotopic (exact) mass is 363 g/mol. The third kappa shape index (κ3) is 3.65. The van der Waals surface area contributed by atoms with Gasteiger partial charge in [0.05, 0.1) is 5.56 Å². The van der Waals surface area contributed by atoms with Gasteiger partial charge in [-0.2, -0.15) is 0 Å². The smallest absolute Gasteiger partial charge is 0.255 e. The van der Waals surface area contributed by atoms with E-state index in [0.717, 1.165) is 30.3 Å². The van der Waals surface area contributed by atoms with Gasteiger partial charge in [0, 0.05) is 28.0 Å². The molecule has 5 heteroatoms. The number of halogens is 3. The summed E-state index contributed by atoms with van der Waals surface area (Å²) in [5.74, 6) is 0.650. The van der Waals surface area contributed by atoms with E-state index in [-0.39, 0.29) is 5.91 Å². The van der Waals surface area contributed by atoms with Crippen molar-refractivity contribution in [3.8, 4) is 0 Å². The van der Waals surface area contributed by atoms with Gasteiger partial charge in [-0.25, -0.2) is 0 Å². The number of alkyl halides is 1. The van der Waals surface area contributed by atoms with E-state index in [1.807, 2.05) is 4.90 Å². The van der Waals surface area contributed by atoms with Gasteiger partial charge in [-0.05, 0) is 59.8 Å². The summed E-state index contributed by atoms with van der Waals surface area (Å²) in [6.45, 7) is 0.724. The maximum absolute atomic E-state index is 12.6. The minimum absolute atomic E-state index is 0.0679. The third-order valence-corrected chi connectivity index (χ3v) is 4.63. The van der Waals surface area contributed by atoms with Crippen molar-refractivity contribution >= 4 is 45.0 Å². The molecule has 1 aliphatic rings. The molecular formula is C14H16BrCl2NO. The number of carbonyl (C=O) groups is 1. The van der Waals surface area contributed by atoms with Crippen LogP contribution in [-0.2, 0) is 0 Å². The van der Waals surface area contributed by atoms with Crippen LogP contribution in [0.1, 0.15) is 36.0 Å². The van der Waals surface area contributed by atoms with Crippen LogP contribution >= 0.6 is 39.1 Å². The van der Waals surface area contributed by atoms with Crippen LogP contribution < -0.4 is 0 Å². The van der Waals surface area contributed by atoms with E-state index < -0.39 is 0 Å². The fourth-order valence-corrected chi connectivity index (χ4v) is 3.17. The maximum Gasteiger partial charge on any atom is 0.255 e. The first-order valence-corrected chi connectivity index (χ1v) is 8.16. The second-order valence-corrected chi connectivity index (χ2v) is 6.42. The normalized spacial score (nSPS) is 15.1. The molecule has 0 bridgehead atoms. The number of nitrogens with zero attached hydrogens (tertiary/aromatic N) is 1. The Bertz CT molecular complexity index is 463. The zero-order valence-corrected chi connectivity index (χ0v) is 13.6. The summed E-state index contributed by atoms with van der Waals surface area (Å²) >= 11 is 15.1. The number of hydrogen-bond acceptors (Lipinski definition) is 1. The first kappa shape index (κ1) is 15.1. The molecule has 0 heterocycles. The Balaban J connectivity index is 2.17. The number of rotatable bonds is 5. The summed E-state index contributed by atoms with van der Waals surface area (Å²) in [5, 5.41) is 0.624. The van der Waals surface area contributed by atoms with Crippen LogP contribution in [-0.4, -0.2) is 29.3 Å². The molecule has 1 saturated carbocycles. The molecule has 0 unspecified atom stereocenters. The minimum Gasteiger partial charge on any atom is -0.336 e. The summed E-state index contributed by atoms with van der Waals surface area (Å²) in [7, 11) is 0. The van der Waals surface area contributed by atoms with Crippen LogP contribution in [0.4, 0.5) is 0 Å². The van der Waals surface area contributed by atoms with Crippen LogP contribution in [0.2, 0.25) is 5.02 Å². The molecule has 0 radical (unpaired) electrons. The van der Waals surface area contributed by atoms with Gasteiger partial charge in [-0.1, -0.05) is 11.6 Å². The summed E-state index contributed by atoms with van der Waals surface area (Å²) in [4.78, 5) is 14.6. The van der Waals surface area contributed by atoms with Crippen molar-refractivity contribution in [2.24, 2.45) is 0 Å². The van der Waals surface area contributed by atoms with Crippen molar-refractivity contribution in [3.05, 3.63) is 33.3 Å². The van der Waals surface area contributed by atoms with E-state index in [1.165, 1.54) is 6.42 Å². The zero-order valence-electron chi connectivity index (χ0n) is 10.5. The molecule has 104 valence electrons. The van der Waals surface area contributed by atoms with E-state index >= 15 is 0 Å². The number of amides is 1. The predicted octanol–water partition coefficient (Wildman–Crippen LogP) is 4.73. The van der Waals surface area contributed by atoms with Crippen LogP contribution in [0, 0.1) is 0 Å². The van der Waals surface area contributed by atoms with Gasteiger partial charge in [0.2, 0.25) is 0 Å². The van der Waals surface area contributed by atoms with Crippen molar-refractivity contribution in [1.82, 2.24) is 4.90 Å². The van der Waals surface area contributed by atoms with Crippen molar-refractivity contribution in [2.75, 3.05) is 12.4 Å². The average Bonchev–Trinajstić information content (AvgIpc) is 2.31. The molecule has 0 aliphatic heterocycles. The molecule has 2 nitrogen and oxygen atoms in total. The third-order valence-electron chi connectivity index (χ3n) is 3.47. The second kappa shape index (κ2) is 6.96. The molecule has 0 atom stereocenters. The van der Waals surface area contributed by atoms with Crippen LogP contribution in [0.25, 0.3) is 0 Å². The van der Waals surface area contributed by atoms with Crippen molar-refractivity contribution in [3.63, 3.8) is 0 Å². The Morgan fingerprint density at radius 3 is 2.68 bits per heavy atom. The molecule has 0 saturated heterocycles. The standard InChI is InChI=1S/C14H16BrCl2NO/c15-13-9-10(17)5-6-12(13)14(19)18(8-2-7-16)11-3-1-4-11/h5-6,9,11H,1-4,7-8H2. The summed E-state index contributed by atoms with van der Waals surface area (Å²) in [6, 6.07) is 5.66. The Kier molecular flexibility index (Phi) is 5.55. The lowest BCUT2D eigenvalue weighted by atomic mass is 9.91. The SMILES string of the molecule is O=C(c1ccc(Cl)cc1Br)N(CCCCl)C1CCC1. The molecule has 1 amide bonds. The van der Waals surface area contributed by atoms with Crippen LogP contribution in [0.3, 0.4) is 0 Å². The molecule has 0 N–H and O–H groups in total. The molecule has 0 aromatic heterocycles. The van der Waals surface area contributed by atoms with Crippen molar-refractivity contribution in [1.29, 1.82) is 0 Å². The van der Waals surface area contributed by atoms with Gasteiger partial charge in [-0.3, -0.25) is 4.79 Å². The highest BCUT2D eigenvalue weighted by atomic mass is 79.9. The molecule has 19 heavy (non-hydrogen) atoms. The number of hydrogen-bond donors (Lipinski definition) is 0. The average molecular weight is 365 g/mol. The van der Waals surface area contributed by atoms with E-state index in [9.17, 15) is 4.79 Å². The molecule has 0 spiro atoms. The molecule has 2 rings (SSSR count). The first-order valence-electron chi connectivity index (χ1n) is 6.45. The fourth-order valence-electron chi connectivity index (χ4n) is 2.20. The van der Waals surface area contributed by atoms with Gasteiger partial charge in [-0.15, -0.1) is 11.6 Å². The Hall–Kier alpha value is -0.250. The Labute approximate surface area is 132 Å². The van der Waals surface area contributed by atoms with E-state index in [2.05, 4.69) is 15.9 Å². The van der Waals surface area contributed by atoms with Crippen molar-refractivity contribution < 1.29 is 4.79 Å². The van der Waals surface area contributed by atoms with Gasteiger partial charge in [0.15, 0.2) is 0 Å². The number of carbonyl (C=O) groups excluding carboxylic acids is 1. The Morgan fingerprint density at radius 2 is 2.16 bits per heavy atom. The van der Waals surface area contributed by atoms with Crippen molar-refractivity contribution in [2.45, 2.75) is 31.7 Å². The lowest BCUT2D eigenvalue weighted by Crippen LogP contribution is -2.45. The molecule has 1 aliphatic carbocycles. The van der Waals surface area contributed by atoms with E-state index in [0.29, 0.717) is 22.5 Å². The largest absolute Gasteiger partial charge is 0.336 e. The van der Waals surface area contributed by atoms with Gasteiger partial charge in [0.25, 0.3) is 5.91 Å². The first-order chi connectivity index (χ1) is 9.13. The van der Waals surface area contributed by atoms with Gasteiger partial charge in [0.1, 0.15) is 0 Å². The molecule has 1 aromatic rings. The van der Waals surface area contributed by atoms with E-state index in [4.69, 9.17) is 23.2 Å².